The molecule has 30 heavy (non-hydrogen) atoms. The molecule has 0 heterocycles. The first-order valence-electron chi connectivity index (χ1n) is 9.20. The van der Waals surface area contributed by atoms with E-state index < -0.39 is 29.7 Å². The molecular formula is C21H24FNO5S2. The van der Waals surface area contributed by atoms with E-state index in [0.29, 0.717) is 17.7 Å². The number of amides is 1. The molecule has 6 nitrogen and oxygen atoms in total. The summed E-state index contributed by atoms with van der Waals surface area (Å²) in [7, 11) is 0. The molecular weight excluding hydrogens is 429 g/mol. The zero-order valence-electron chi connectivity index (χ0n) is 16.6. The van der Waals surface area contributed by atoms with E-state index in [1.54, 1.807) is 30.8 Å². The van der Waals surface area contributed by atoms with Crippen molar-refractivity contribution in [3.8, 4) is 5.75 Å². The zero-order valence-corrected chi connectivity index (χ0v) is 18.3. The average Bonchev–Trinajstić information content (AvgIpc) is 2.74. The summed E-state index contributed by atoms with van der Waals surface area (Å²) in [4.78, 5) is 24.8. The van der Waals surface area contributed by atoms with Gasteiger partial charge < -0.3 is 14.6 Å². The van der Waals surface area contributed by atoms with E-state index in [9.17, 15) is 19.1 Å². The van der Waals surface area contributed by atoms with Crippen LogP contribution in [0.2, 0.25) is 0 Å². The predicted octanol–water partition coefficient (Wildman–Crippen LogP) is 5.04. The van der Waals surface area contributed by atoms with Gasteiger partial charge in [-0.1, -0.05) is 13.0 Å². The molecule has 2 N–H and O–H groups in total. The van der Waals surface area contributed by atoms with Gasteiger partial charge in [-0.15, -0.1) is 11.8 Å². The number of hydrogen-bond donors (Lipinski definition) is 3. The fraction of sp³-hybridized carbons (Fsp3) is 0.333. The lowest BCUT2D eigenvalue weighted by atomic mass is 9.94. The lowest BCUT2D eigenvalue weighted by molar-refractivity contribution is -0.141. The number of anilines is 1. The van der Waals surface area contributed by atoms with Gasteiger partial charge >= 0.3 is 12.1 Å². The molecule has 0 spiro atoms. The molecule has 0 unspecified atom stereocenters. The minimum Gasteiger partial charge on any atom is -0.505 e. The van der Waals surface area contributed by atoms with Crippen LogP contribution in [0.15, 0.2) is 47.4 Å². The van der Waals surface area contributed by atoms with E-state index >= 15 is 0 Å². The van der Waals surface area contributed by atoms with Crippen LogP contribution in [-0.4, -0.2) is 35.8 Å². The Kier molecular flexibility index (Phi) is 9.32. The molecule has 0 aliphatic carbocycles. The van der Waals surface area contributed by atoms with Gasteiger partial charge in [0.25, 0.3) is 0 Å². The van der Waals surface area contributed by atoms with Crippen LogP contribution in [0.4, 0.5) is 14.9 Å². The zero-order chi connectivity index (χ0) is 22.1. The third kappa shape index (κ3) is 7.14. The van der Waals surface area contributed by atoms with Crippen LogP contribution in [0.25, 0.3) is 0 Å². The molecule has 2 atom stereocenters. The first kappa shape index (κ1) is 23.9. The maximum Gasteiger partial charge on any atom is 0.412 e. The third-order valence-electron chi connectivity index (χ3n) is 4.35. The number of nitrogens with one attached hydrogen (secondary N) is 1. The average molecular weight is 454 g/mol. The minimum absolute atomic E-state index is 0.0325. The Hall–Kier alpha value is -2.39. The number of thiol groups is 1. The van der Waals surface area contributed by atoms with E-state index in [-0.39, 0.29) is 18.3 Å². The number of halogens is 1. The second-order valence-corrected chi connectivity index (χ2v) is 7.73. The van der Waals surface area contributed by atoms with Crippen LogP contribution < -0.4 is 5.32 Å². The van der Waals surface area contributed by atoms with Crippen LogP contribution in [0.3, 0.4) is 0 Å². The highest BCUT2D eigenvalue weighted by Crippen LogP contribution is 2.31. The Morgan fingerprint density at radius 2 is 1.93 bits per heavy atom. The summed E-state index contributed by atoms with van der Waals surface area (Å²) in [6.07, 6.45) is 0.805. The maximum absolute atomic E-state index is 13.9. The molecule has 2 aromatic carbocycles. The number of aromatic hydroxyl groups is 1. The van der Waals surface area contributed by atoms with Crippen molar-refractivity contribution in [1.82, 2.24) is 0 Å². The number of benzene rings is 2. The van der Waals surface area contributed by atoms with Crippen molar-refractivity contribution in [2.75, 3.05) is 23.9 Å². The normalized spacial score (nSPS) is 12.7. The van der Waals surface area contributed by atoms with Crippen molar-refractivity contribution in [3.05, 3.63) is 53.8 Å². The molecule has 0 fully saturated rings. The first-order chi connectivity index (χ1) is 14.3. The number of phenols is 1. The van der Waals surface area contributed by atoms with Gasteiger partial charge in [0.2, 0.25) is 0 Å². The van der Waals surface area contributed by atoms with Crippen molar-refractivity contribution in [2.45, 2.75) is 24.3 Å². The highest BCUT2D eigenvalue weighted by Gasteiger charge is 2.25. The Labute approximate surface area is 184 Å². The van der Waals surface area contributed by atoms with E-state index in [0.717, 1.165) is 11.0 Å². The second kappa shape index (κ2) is 11.7. The molecule has 0 radical (unpaired) electrons. The smallest absolute Gasteiger partial charge is 0.412 e. The predicted molar refractivity (Wildman–Crippen MR) is 118 cm³/mol. The van der Waals surface area contributed by atoms with Crippen molar-refractivity contribution >= 4 is 42.1 Å². The standard InChI is InChI=1S/C21H24FNO5S2/c1-13(9-10-27-19(25)12-29)20(14-3-8-18(24)17(22)11-14)28-21(26)23-15-4-6-16(30-2)7-5-15/h3-8,11,13,20,24,29H,9-10,12H2,1-2H3,(H,23,26)/t13-,20-/m0/s1. The van der Waals surface area contributed by atoms with Crippen molar-refractivity contribution < 1.29 is 28.6 Å². The van der Waals surface area contributed by atoms with Gasteiger partial charge in [-0.05, 0) is 54.6 Å². The largest absolute Gasteiger partial charge is 0.505 e. The van der Waals surface area contributed by atoms with Gasteiger partial charge in [0, 0.05) is 16.5 Å². The number of carbonyl (C=O) groups is 2. The van der Waals surface area contributed by atoms with Gasteiger partial charge in [-0.25, -0.2) is 9.18 Å². The van der Waals surface area contributed by atoms with Crippen molar-refractivity contribution in [3.63, 3.8) is 0 Å². The fourth-order valence-corrected chi connectivity index (χ4v) is 3.21. The lowest BCUT2D eigenvalue weighted by Gasteiger charge is -2.25. The first-order valence-corrected chi connectivity index (χ1v) is 11.1. The lowest BCUT2D eigenvalue weighted by Crippen LogP contribution is -2.23. The SMILES string of the molecule is CSc1ccc(NC(=O)O[C@H](c2ccc(O)c(F)c2)[C@@H](C)CCOC(=O)CS)cc1. The Bertz CT molecular complexity index is 863. The Balaban J connectivity index is 2.11. The van der Waals surface area contributed by atoms with Crippen LogP contribution in [0.1, 0.15) is 25.0 Å². The molecule has 9 heteroatoms. The summed E-state index contributed by atoms with van der Waals surface area (Å²) in [5.74, 6) is -2.10. The third-order valence-corrected chi connectivity index (χ3v) is 5.35. The van der Waals surface area contributed by atoms with Crippen molar-refractivity contribution in [1.29, 1.82) is 0 Å². The highest BCUT2D eigenvalue weighted by molar-refractivity contribution is 7.98. The van der Waals surface area contributed by atoms with Gasteiger partial charge in [-0.3, -0.25) is 10.1 Å². The quantitative estimate of drug-likeness (QED) is 0.280. The fourth-order valence-electron chi connectivity index (χ4n) is 2.71. The molecule has 0 bridgehead atoms. The molecule has 0 aliphatic rings. The molecule has 0 aromatic heterocycles. The minimum atomic E-state index is -0.819. The highest BCUT2D eigenvalue weighted by atomic mass is 32.2. The van der Waals surface area contributed by atoms with Crippen LogP contribution >= 0.6 is 24.4 Å². The molecule has 0 saturated carbocycles. The summed E-state index contributed by atoms with van der Waals surface area (Å²) in [5, 5.41) is 12.1. The maximum atomic E-state index is 13.9. The molecule has 1 amide bonds. The number of phenolic OH excluding ortho intramolecular Hbond substituents is 1. The van der Waals surface area contributed by atoms with Crippen molar-refractivity contribution in [2.24, 2.45) is 5.92 Å². The molecule has 0 aliphatic heterocycles. The van der Waals surface area contributed by atoms with Gasteiger partial charge in [0.05, 0.1) is 12.4 Å². The summed E-state index contributed by atoms with van der Waals surface area (Å²) < 4.78 is 24.5. The van der Waals surface area contributed by atoms with E-state index in [1.165, 1.54) is 12.1 Å². The summed E-state index contributed by atoms with van der Waals surface area (Å²) >= 11 is 5.43. The molecule has 162 valence electrons. The summed E-state index contributed by atoms with van der Waals surface area (Å²) in [6, 6.07) is 11.0. The van der Waals surface area contributed by atoms with Gasteiger partial charge in [0.1, 0.15) is 6.10 Å². The number of thioether (sulfide) groups is 1. The van der Waals surface area contributed by atoms with Crippen LogP contribution in [-0.2, 0) is 14.3 Å². The van der Waals surface area contributed by atoms with E-state index in [1.807, 2.05) is 18.4 Å². The summed E-state index contributed by atoms with van der Waals surface area (Å²) in [6.45, 7) is 1.91. The Morgan fingerprint density at radius 1 is 1.23 bits per heavy atom. The molecule has 2 rings (SSSR count). The summed E-state index contributed by atoms with van der Waals surface area (Å²) in [5.41, 5.74) is 0.940. The Morgan fingerprint density at radius 3 is 2.53 bits per heavy atom. The monoisotopic (exact) mass is 453 g/mol. The van der Waals surface area contributed by atoms with E-state index in [2.05, 4.69) is 17.9 Å². The molecule has 2 aromatic rings. The number of ether oxygens (including phenoxy) is 2. The number of rotatable bonds is 9. The number of esters is 1. The van der Waals surface area contributed by atoms with Gasteiger partial charge in [0.15, 0.2) is 11.6 Å². The number of hydrogen-bond acceptors (Lipinski definition) is 7. The topological polar surface area (TPSA) is 84.9 Å². The van der Waals surface area contributed by atoms with Crippen LogP contribution in [0.5, 0.6) is 5.75 Å². The second-order valence-electron chi connectivity index (χ2n) is 6.53. The number of carbonyl (C=O) groups excluding carboxylic acids is 2. The molecule has 0 saturated heterocycles. The van der Waals surface area contributed by atoms with Crippen LogP contribution in [0, 0.1) is 11.7 Å². The van der Waals surface area contributed by atoms with E-state index in [4.69, 9.17) is 9.47 Å². The van der Waals surface area contributed by atoms with Gasteiger partial charge in [-0.2, -0.15) is 12.6 Å².